The molecule has 0 radical (unpaired) electrons. The van der Waals surface area contributed by atoms with Crippen LogP contribution in [0.5, 0.6) is 0 Å². The highest BCUT2D eigenvalue weighted by Gasteiger charge is 2.32. The van der Waals surface area contributed by atoms with Crippen LogP contribution in [0.1, 0.15) is 34.7 Å². The molecule has 1 saturated carbocycles. The molecule has 3 heterocycles. The molecule has 0 atom stereocenters. The van der Waals surface area contributed by atoms with Crippen LogP contribution in [0.25, 0.3) is 0 Å². The largest absolute Gasteiger partial charge is 0.302 e. The first-order valence-electron chi connectivity index (χ1n) is 8.29. The fraction of sp³-hybridized carbons (Fsp3) is 0.500. The third-order valence-corrected chi connectivity index (χ3v) is 9.02. The molecule has 0 bridgehead atoms. The first kappa shape index (κ1) is 17.1. The van der Waals surface area contributed by atoms with Gasteiger partial charge in [0, 0.05) is 28.6 Å². The highest BCUT2D eigenvalue weighted by molar-refractivity contribution is 7.91. The second kappa shape index (κ2) is 6.46. The van der Waals surface area contributed by atoms with Gasteiger partial charge in [-0.25, -0.2) is 13.4 Å². The van der Waals surface area contributed by atoms with Crippen LogP contribution in [-0.4, -0.2) is 30.2 Å². The van der Waals surface area contributed by atoms with Gasteiger partial charge in [-0.3, -0.25) is 4.79 Å². The van der Waals surface area contributed by atoms with Crippen LogP contribution in [-0.2, 0) is 27.8 Å². The summed E-state index contributed by atoms with van der Waals surface area (Å²) in [6.45, 7) is 2.65. The summed E-state index contributed by atoms with van der Waals surface area (Å²) < 4.78 is 27.5. The summed E-state index contributed by atoms with van der Waals surface area (Å²) in [5, 5.41) is 3.48. The Labute approximate surface area is 154 Å². The zero-order valence-corrected chi connectivity index (χ0v) is 16.3. The number of hydrogen-bond acceptors (Lipinski definition) is 6. The number of carbonyl (C=O) groups is 1. The summed E-state index contributed by atoms with van der Waals surface area (Å²) >= 11 is 2.69. The lowest BCUT2D eigenvalue weighted by molar-refractivity contribution is -0.122. The van der Waals surface area contributed by atoms with Crippen molar-refractivity contribution >= 4 is 43.7 Å². The number of aryl methyl sites for hydroxylation is 1. The van der Waals surface area contributed by atoms with Crippen molar-refractivity contribution in [1.82, 2.24) is 9.29 Å². The van der Waals surface area contributed by atoms with Gasteiger partial charge in [0.05, 0.1) is 12.2 Å². The number of rotatable bonds is 4. The molecule has 1 amide bonds. The van der Waals surface area contributed by atoms with Gasteiger partial charge in [-0.05, 0) is 31.9 Å². The number of anilines is 1. The molecule has 2 aromatic rings. The summed E-state index contributed by atoms with van der Waals surface area (Å²) in [4.78, 5) is 18.5. The maximum Gasteiger partial charge on any atom is 0.252 e. The fourth-order valence-corrected chi connectivity index (χ4v) is 6.94. The summed E-state index contributed by atoms with van der Waals surface area (Å²) in [5.41, 5.74) is 0.905. The number of nitrogens with one attached hydrogen (secondary N) is 1. The summed E-state index contributed by atoms with van der Waals surface area (Å²) in [6, 6.07) is 3.50. The molecule has 0 saturated heterocycles. The average Bonchev–Trinajstić information content (AvgIpc) is 3.10. The maximum absolute atomic E-state index is 12.8. The normalized spacial score (nSPS) is 18.6. The smallest absolute Gasteiger partial charge is 0.252 e. The molecule has 2 aromatic heterocycles. The molecule has 0 unspecified atom stereocenters. The number of aromatic nitrogens is 1. The minimum absolute atomic E-state index is 0.0379. The maximum atomic E-state index is 12.8. The third kappa shape index (κ3) is 3.25. The first-order chi connectivity index (χ1) is 11.9. The number of fused-ring (bicyclic) bond motifs is 1. The van der Waals surface area contributed by atoms with Crippen molar-refractivity contribution in [3.05, 3.63) is 27.6 Å². The number of nitrogens with zero attached hydrogens (tertiary/aromatic N) is 2. The van der Waals surface area contributed by atoms with E-state index in [9.17, 15) is 13.2 Å². The zero-order valence-electron chi connectivity index (χ0n) is 13.8. The first-order valence-corrected chi connectivity index (χ1v) is 11.4. The summed E-state index contributed by atoms with van der Waals surface area (Å²) in [7, 11) is -3.46. The minimum Gasteiger partial charge on any atom is -0.302 e. The molecule has 0 aromatic carbocycles. The number of sulfonamides is 1. The van der Waals surface area contributed by atoms with Crippen molar-refractivity contribution in [2.24, 2.45) is 5.92 Å². The van der Waals surface area contributed by atoms with Gasteiger partial charge in [0.25, 0.3) is 10.0 Å². The monoisotopic (exact) mass is 397 g/mol. The van der Waals surface area contributed by atoms with Crippen LogP contribution in [0.3, 0.4) is 0 Å². The lowest BCUT2D eigenvalue weighted by atomic mass is 9.85. The summed E-state index contributed by atoms with van der Waals surface area (Å²) in [5.74, 6) is 0.149. The Kier molecular flexibility index (Phi) is 4.43. The molecular weight excluding hydrogens is 378 g/mol. The Bertz CT molecular complexity index is 912. The van der Waals surface area contributed by atoms with E-state index < -0.39 is 10.0 Å². The average molecular weight is 398 g/mol. The van der Waals surface area contributed by atoms with E-state index in [1.165, 1.54) is 27.0 Å². The van der Waals surface area contributed by atoms with Gasteiger partial charge >= 0.3 is 0 Å². The van der Waals surface area contributed by atoms with Crippen molar-refractivity contribution in [1.29, 1.82) is 0 Å². The van der Waals surface area contributed by atoms with E-state index in [1.807, 2.05) is 13.0 Å². The van der Waals surface area contributed by atoms with Crippen LogP contribution >= 0.6 is 22.7 Å². The van der Waals surface area contributed by atoms with Crippen molar-refractivity contribution < 1.29 is 13.2 Å². The highest BCUT2D eigenvalue weighted by Crippen LogP contribution is 2.34. The molecule has 25 heavy (non-hydrogen) atoms. The minimum atomic E-state index is -3.46. The van der Waals surface area contributed by atoms with E-state index in [2.05, 4.69) is 10.3 Å². The van der Waals surface area contributed by atoms with E-state index >= 15 is 0 Å². The van der Waals surface area contributed by atoms with Crippen molar-refractivity contribution in [2.45, 2.75) is 43.4 Å². The van der Waals surface area contributed by atoms with Gasteiger partial charge in [0.2, 0.25) is 5.91 Å². The van der Waals surface area contributed by atoms with Crippen LogP contribution in [0.2, 0.25) is 0 Å². The molecule has 1 fully saturated rings. The van der Waals surface area contributed by atoms with E-state index in [4.69, 9.17) is 0 Å². The topological polar surface area (TPSA) is 79.4 Å². The summed E-state index contributed by atoms with van der Waals surface area (Å²) in [6.07, 6.45) is 3.59. The molecule has 6 nitrogen and oxygen atoms in total. The van der Waals surface area contributed by atoms with Gasteiger partial charge in [-0.1, -0.05) is 6.42 Å². The predicted molar refractivity (Wildman–Crippen MR) is 98.4 cm³/mol. The van der Waals surface area contributed by atoms with Gasteiger partial charge < -0.3 is 5.32 Å². The Balaban J connectivity index is 1.50. The van der Waals surface area contributed by atoms with Gasteiger partial charge in [0.1, 0.15) is 4.21 Å². The molecule has 1 N–H and O–H groups in total. The third-order valence-electron chi connectivity index (χ3n) is 4.71. The second-order valence-corrected chi connectivity index (χ2v) is 11.0. The Morgan fingerprint density at radius 2 is 2.12 bits per heavy atom. The van der Waals surface area contributed by atoms with Gasteiger partial charge in [-0.2, -0.15) is 4.31 Å². The molecular formula is C16H19N3O3S3. The number of amides is 1. The Morgan fingerprint density at radius 3 is 2.76 bits per heavy atom. The molecule has 134 valence electrons. The number of thiazole rings is 1. The van der Waals surface area contributed by atoms with E-state index in [0.717, 1.165) is 34.7 Å². The standard InChI is InChI=1S/C16H19N3O3S3/c1-10-5-6-14(23-10)25(21,22)19-8-7-12-13(9-19)24-16(17-12)18-15(20)11-3-2-4-11/h5-6,11H,2-4,7-9H2,1H3,(H,17,18,20). The van der Waals surface area contributed by atoms with Gasteiger partial charge in [-0.15, -0.1) is 22.7 Å². The van der Waals surface area contributed by atoms with Crippen LogP contribution in [0.4, 0.5) is 5.13 Å². The van der Waals surface area contributed by atoms with Gasteiger partial charge in [0.15, 0.2) is 5.13 Å². The van der Waals surface area contributed by atoms with Crippen molar-refractivity contribution in [3.63, 3.8) is 0 Å². The van der Waals surface area contributed by atoms with Crippen molar-refractivity contribution in [2.75, 3.05) is 11.9 Å². The van der Waals surface area contributed by atoms with Crippen LogP contribution in [0, 0.1) is 12.8 Å². The lowest BCUT2D eigenvalue weighted by Gasteiger charge is -2.24. The number of thiophene rings is 1. The van der Waals surface area contributed by atoms with Crippen molar-refractivity contribution in [3.8, 4) is 0 Å². The van der Waals surface area contributed by atoms with Crippen LogP contribution in [0.15, 0.2) is 16.3 Å². The number of carbonyl (C=O) groups excluding carboxylic acids is 1. The van der Waals surface area contributed by atoms with E-state index in [1.54, 1.807) is 6.07 Å². The molecule has 0 spiro atoms. The highest BCUT2D eigenvalue weighted by atomic mass is 32.2. The van der Waals surface area contributed by atoms with E-state index in [0.29, 0.717) is 28.9 Å². The lowest BCUT2D eigenvalue weighted by Crippen LogP contribution is -2.35. The Morgan fingerprint density at radius 1 is 1.32 bits per heavy atom. The molecule has 4 rings (SSSR count). The number of hydrogen-bond donors (Lipinski definition) is 1. The fourth-order valence-electron chi connectivity index (χ4n) is 2.99. The predicted octanol–water partition coefficient (Wildman–Crippen LogP) is 3.00. The SMILES string of the molecule is Cc1ccc(S(=O)(=O)N2CCc3nc(NC(=O)C4CCC4)sc3C2)s1. The molecule has 2 aliphatic rings. The molecule has 1 aliphatic carbocycles. The Hall–Kier alpha value is -1.29. The van der Waals surface area contributed by atoms with Crippen LogP contribution < -0.4 is 5.32 Å². The second-order valence-electron chi connectivity index (χ2n) is 6.46. The molecule has 9 heteroatoms. The zero-order chi connectivity index (χ0) is 17.6. The molecule has 1 aliphatic heterocycles. The quantitative estimate of drug-likeness (QED) is 0.860. The van der Waals surface area contributed by atoms with E-state index in [-0.39, 0.29) is 11.8 Å².